The van der Waals surface area contributed by atoms with E-state index in [4.69, 9.17) is 4.74 Å². The summed E-state index contributed by atoms with van der Waals surface area (Å²) in [5, 5.41) is 2.43. The second kappa shape index (κ2) is 8.50. The van der Waals surface area contributed by atoms with Gasteiger partial charge in [-0.1, -0.05) is 6.42 Å². The predicted octanol–water partition coefficient (Wildman–Crippen LogP) is 3.03. The molecule has 0 radical (unpaired) electrons. The number of rotatable bonds is 6. The summed E-state index contributed by atoms with van der Waals surface area (Å²) in [6, 6.07) is -1.42. The van der Waals surface area contributed by atoms with Crippen molar-refractivity contribution >= 4 is 6.03 Å². The van der Waals surface area contributed by atoms with Crippen LogP contribution in [0, 0.1) is 5.92 Å². The van der Waals surface area contributed by atoms with Crippen LogP contribution in [0.15, 0.2) is 0 Å². The lowest BCUT2D eigenvalue weighted by Crippen LogP contribution is -2.49. The van der Waals surface area contributed by atoms with Gasteiger partial charge in [0.15, 0.2) is 0 Å². The van der Waals surface area contributed by atoms with Crippen molar-refractivity contribution in [1.29, 1.82) is 0 Å². The Balaban J connectivity index is 2.56. The van der Waals surface area contributed by atoms with E-state index in [-0.39, 0.29) is 26.0 Å². The van der Waals surface area contributed by atoms with Gasteiger partial charge < -0.3 is 15.0 Å². The molecular formula is C13H21F5N2O2. The molecule has 4 nitrogen and oxygen atoms in total. The Morgan fingerprint density at radius 3 is 2.59 bits per heavy atom. The van der Waals surface area contributed by atoms with Crippen molar-refractivity contribution in [2.24, 2.45) is 5.92 Å². The van der Waals surface area contributed by atoms with Gasteiger partial charge in [-0.15, -0.1) is 0 Å². The topological polar surface area (TPSA) is 41.6 Å². The Kier molecular flexibility index (Phi) is 7.31. The zero-order valence-corrected chi connectivity index (χ0v) is 12.3. The third-order valence-electron chi connectivity index (χ3n) is 3.68. The lowest BCUT2D eigenvalue weighted by molar-refractivity contribution is -0.183. The third kappa shape index (κ3) is 6.33. The Morgan fingerprint density at radius 1 is 1.36 bits per heavy atom. The number of urea groups is 1. The number of hydrogen-bond acceptors (Lipinski definition) is 2. The molecule has 0 bridgehead atoms. The van der Waals surface area contributed by atoms with Crippen molar-refractivity contribution in [2.75, 3.05) is 26.8 Å². The van der Waals surface area contributed by atoms with E-state index in [1.807, 2.05) is 0 Å². The van der Waals surface area contributed by atoms with Crippen molar-refractivity contribution in [3.05, 3.63) is 0 Å². The standard InChI is InChI=1S/C13H21F5N2O2/c1-22-6-5-20(8-11(14)15)12(21)19-10-4-2-3-9(7-10)13(16,17)18/h9-11H,2-8H2,1H3,(H,19,21)/t9-,10+/m1/s1. The molecule has 1 rings (SSSR count). The van der Waals surface area contributed by atoms with E-state index in [1.54, 1.807) is 0 Å². The van der Waals surface area contributed by atoms with Crippen molar-refractivity contribution in [3.63, 3.8) is 0 Å². The molecule has 130 valence electrons. The lowest BCUT2D eigenvalue weighted by atomic mass is 9.85. The number of nitrogens with one attached hydrogen (secondary N) is 1. The Labute approximate surface area is 126 Å². The molecule has 2 amide bonds. The highest BCUT2D eigenvalue weighted by Gasteiger charge is 2.42. The van der Waals surface area contributed by atoms with Crippen molar-refractivity contribution < 1.29 is 31.5 Å². The van der Waals surface area contributed by atoms with Crippen molar-refractivity contribution in [1.82, 2.24) is 10.2 Å². The quantitative estimate of drug-likeness (QED) is 0.760. The molecule has 0 aromatic heterocycles. The molecule has 0 saturated heterocycles. The zero-order valence-electron chi connectivity index (χ0n) is 12.3. The minimum Gasteiger partial charge on any atom is -0.383 e. The van der Waals surface area contributed by atoms with E-state index in [2.05, 4.69) is 5.32 Å². The summed E-state index contributed by atoms with van der Waals surface area (Å²) in [6.07, 6.45) is -6.39. The summed E-state index contributed by atoms with van der Waals surface area (Å²) in [5.41, 5.74) is 0. The fraction of sp³-hybridized carbons (Fsp3) is 0.923. The molecule has 22 heavy (non-hydrogen) atoms. The van der Waals surface area contributed by atoms with Gasteiger partial charge in [0.1, 0.15) is 0 Å². The van der Waals surface area contributed by atoms with Gasteiger partial charge in [0.05, 0.1) is 19.1 Å². The minimum absolute atomic E-state index is 0.0396. The Morgan fingerprint density at radius 2 is 2.05 bits per heavy atom. The average Bonchev–Trinajstić information content (AvgIpc) is 2.42. The van der Waals surface area contributed by atoms with E-state index in [1.165, 1.54) is 7.11 Å². The molecule has 0 unspecified atom stereocenters. The SMILES string of the molecule is COCCN(CC(F)F)C(=O)N[C@H]1CCC[C@@H](C(F)(F)F)C1. The maximum Gasteiger partial charge on any atom is 0.391 e. The van der Waals surface area contributed by atoms with E-state index >= 15 is 0 Å². The summed E-state index contributed by atoms with van der Waals surface area (Å²) >= 11 is 0. The average molecular weight is 332 g/mol. The number of methoxy groups -OCH3 is 1. The molecule has 9 heteroatoms. The Hall–Kier alpha value is -1.12. The molecule has 1 fully saturated rings. The van der Waals surface area contributed by atoms with Crippen LogP contribution in [0.1, 0.15) is 25.7 Å². The maximum absolute atomic E-state index is 12.7. The van der Waals surface area contributed by atoms with Crippen LogP contribution >= 0.6 is 0 Å². The molecule has 0 aliphatic heterocycles. The highest BCUT2D eigenvalue weighted by Crippen LogP contribution is 2.37. The molecule has 1 N–H and O–H groups in total. The first-order valence-electron chi connectivity index (χ1n) is 7.13. The first-order chi connectivity index (χ1) is 10.2. The monoisotopic (exact) mass is 332 g/mol. The van der Waals surface area contributed by atoms with Gasteiger partial charge >= 0.3 is 12.2 Å². The highest BCUT2D eigenvalue weighted by molar-refractivity contribution is 5.74. The van der Waals surface area contributed by atoms with Gasteiger partial charge in [-0.2, -0.15) is 13.2 Å². The first kappa shape index (κ1) is 18.9. The maximum atomic E-state index is 12.7. The van der Waals surface area contributed by atoms with E-state index in [0.717, 1.165) is 4.90 Å². The van der Waals surface area contributed by atoms with Crippen LogP contribution in [0.25, 0.3) is 0 Å². The van der Waals surface area contributed by atoms with Crippen LogP contribution < -0.4 is 5.32 Å². The van der Waals surface area contributed by atoms with Gasteiger partial charge in [0.2, 0.25) is 0 Å². The zero-order chi connectivity index (χ0) is 16.8. The third-order valence-corrected chi connectivity index (χ3v) is 3.68. The molecule has 0 aromatic rings. The number of ether oxygens (including phenoxy) is 1. The molecular weight excluding hydrogens is 311 g/mol. The molecule has 1 saturated carbocycles. The van der Waals surface area contributed by atoms with Crippen molar-refractivity contribution in [2.45, 2.75) is 44.3 Å². The molecule has 2 atom stereocenters. The Bertz CT molecular complexity index is 352. The molecule has 0 heterocycles. The summed E-state index contributed by atoms with van der Waals surface area (Å²) in [4.78, 5) is 12.8. The molecule has 1 aliphatic carbocycles. The number of carbonyl (C=O) groups is 1. The van der Waals surface area contributed by atoms with Crippen LogP contribution in [0.3, 0.4) is 0 Å². The first-order valence-corrected chi connectivity index (χ1v) is 7.13. The summed E-state index contributed by atoms with van der Waals surface area (Å²) in [6.45, 7) is -0.733. The number of halogens is 5. The second-order valence-corrected chi connectivity index (χ2v) is 5.38. The number of hydrogen-bond donors (Lipinski definition) is 1. The fourth-order valence-electron chi connectivity index (χ4n) is 2.53. The van der Waals surface area contributed by atoms with E-state index in [0.29, 0.717) is 12.8 Å². The number of alkyl halides is 5. The van der Waals surface area contributed by atoms with Crippen LogP contribution in [-0.4, -0.2) is 56.4 Å². The summed E-state index contributed by atoms with van der Waals surface area (Å²) in [5.74, 6) is -1.45. The van der Waals surface area contributed by atoms with Gasteiger partial charge in [-0.25, -0.2) is 13.6 Å². The smallest absolute Gasteiger partial charge is 0.383 e. The largest absolute Gasteiger partial charge is 0.391 e. The van der Waals surface area contributed by atoms with E-state index < -0.39 is 37.1 Å². The fourth-order valence-corrected chi connectivity index (χ4v) is 2.53. The van der Waals surface area contributed by atoms with Crippen LogP contribution in [-0.2, 0) is 4.74 Å². The van der Waals surface area contributed by atoms with Gasteiger partial charge in [0.25, 0.3) is 6.43 Å². The van der Waals surface area contributed by atoms with Crippen LogP contribution in [0.5, 0.6) is 0 Å². The van der Waals surface area contributed by atoms with Crippen LogP contribution in [0.4, 0.5) is 26.7 Å². The summed E-state index contributed by atoms with van der Waals surface area (Å²) in [7, 11) is 1.37. The summed E-state index contributed by atoms with van der Waals surface area (Å²) < 4.78 is 67.8. The lowest BCUT2D eigenvalue weighted by Gasteiger charge is -2.32. The molecule has 1 aliphatic rings. The van der Waals surface area contributed by atoms with Gasteiger partial charge in [0, 0.05) is 19.7 Å². The number of amides is 2. The van der Waals surface area contributed by atoms with E-state index in [9.17, 15) is 26.7 Å². The number of nitrogens with zero attached hydrogens (tertiary/aromatic N) is 1. The predicted molar refractivity (Wildman–Crippen MR) is 69.8 cm³/mol. The highest BCUT2D eigenvalue weighted by atomic mass is 19.4. The molecule has 0 spiro atoms. The van der Waals surface area contributed by atoms with Gasteiger partial charge in [-0.3, -0.25) is 0 Å². The van der Waals surface area contributed by atoms with Crippen LogP contribution in [0.2, 0.25) is 0 Å². The minimum atomic E-state index is -4.29. The second-order valence-electron chi connectivity index (χ2n) is 5.38. The van der Waals surface area contributed by atoms with Gasteiger partial charge in [-0.05, 0) is 19.3 Å². The van der Waals surface area contributed by atoms with Crippen molar-refractivity contribution in [3.8, 4) is 0 Å². The molecule has 0 aromatic carbocycles. The normalized spacial score (nSPS) is 22.7. The number of carbonyl (C=O) groups excluding carboxylic acids is 1.